The van der Waals surface area contributed by atoms with E-state index in [1.165, 1.54) is 12.8 Å². The van der Waals surface area contributed by atoms with E-state index in [0.29, 0.717) is 37.4 Å². The van der Waals surface area contributed by atoms with Crippen LogP contribution in [0.4, 0.5) is 10.1 Å². The summed E-state index contributed by atoms with van der Waals surface area (Å²) in [5.41, 5.74) is 1.63. The van der Waals surface area contributed by atoms with Gasteiger partial charge in [0.1, 0.15) is 5.82 Å². The van der Waals surface area contributed by atoms with Gasteiger partial charge in [0.2, 0.25) is 0 Å². The Morgan fingerprint density at radius 1 is 1.22 bits per heavy atom. The topological polar surface area (TPSA) is 44.7 Å². The van der Waals surface area contributed by atoms with Crippen LogP contribution in [0.5, 0.6) is 0 Å². The van der Waals surface area contributed by atoms with Gasteiger partial charge in [-0.1, -0.05) is 18.9 Å². The SMILES string of the molecule is OCC1CCCCC1NCc1ccc(N2CCOCC2)c(F)c1. The fraction of sp³-hybridized carbons (Fsp3) is 0.667. The van der Waals surface area contributed by atoms with Crippen LogP contribution in [0.3, 0.4) is 0 Å². The summed E-state index contributed by atoms with van der Waals surface area (Å²) in [4.78, 5) is 2.04. The Kier molecular flexibility index (Phi) is 5.86. The molecule has 5 heteroatoms. The largest absolute Gasteiger partial charge is 0.396 e. The predicted molar refractivity (Wildman–Crippen MR) is 89.1 cm³/mol. The Bertz CT molecular complexity index is 506. The number of nitrogens with zero attached hydrogens (tertiary/aromatic N) is 1. The van der Waals surface area contributed by atoms with Crippen LogP contribution in [0.15, 0.2) is 18.2 Å². The number of halogens is 1. The minimum atomic E-state index is -0.159. The monoisotopic (exact) mass is 322 g/mol. The molecule has 2 N–H and O–H groups in total. The third-order valence-corrected chi connectivity index (χ3v) is 5.08. The molecule has 1 saturated carbocycles. The van der Waals surface area contributed by atoms with Gasteiger partial charge in [-0.25, -0.2) is 4.39 Å². The summed E-state index contributed by atoms with van der Waals surface area (Å²) in [7, 11) is 0. The third-order valence-electron chi connectivity index (χ3n) is 5.08. The minimum Gasteiger partial charge on any atom is -0.396 e. The molecule has 0 aromatic heterocycles. The molecule has 1 saturated heterocycles. The highest BCUT2D eigenvalue weighted by atomic mass is 19.1. The zero-order valence-corrected chi connectivity index (χ0v) is 13.6. The van der Waals surface area contributed by atoms with E-state index in [9.17, 15) is 9.50 Å². The molecule has 1 heterocycles. The molecule has 4 nitrogen and oxygen atoms in total. The van der Waals surface area contributed by atoms with E-state index in [4.69, 9.17) is 4.74 Å². The number of anilines is 1. The Morgan fingerprint density at radius 2 is 2.00 bits per heavy atom. The van der Waals surface area contributed by atoms with Crippen LogP contribution in [0.2, 0.25) is 0 Å². The van der Waals surface area contributed by atoms with Gasteiger partial charge in [-0.15, -0.1) is 0 Å². The number of hydrogen-bond donors (Lipinski definition) is 2. The Labute approximate surface area is 137 Å². The summed E-state index contributed by atoms with van der Waals surface area (Å²) in [5.74, 6) is 0.176. The molecule has 2 unspecified atom stereocenters. The number of hydrogen-bond acceptors (Lipinski definition) is 4. The first-order valence-corrected chi connectivity index (χ1v) is 8.73. The van der Waals surface area contributed by atoms with Crippen molar-refractivity contribution in [3.05, 3.63) is 29.6 Å². The van der Waals surface area contributed by atoms with Gasteiger partial charge >= 0.3 is 0 Å². The first-order chi connectivity index (χ1) is 11.3. The van der Waals surface area contributed by atoms with Gasteiger partial charge in [0.25, 0.3) is 0 Å². The second-order valence-electron chi connectivity index (χ2n) is 6.60. The Morgan fingerprint density at radius 3 is 2.74 bits per heavy atom. The minimum absolute atomic E-state index is 0.159. The maximum Gasteiger partial charge on any atom is 0.146 e. The van der Waals surface area contributed by atoms with Gasteiger partial charge in [0.05, 0.1) is 18.9 Å². The van der Waals surface area contributed by atoms with Gasteiger partial charge in [-0.3, -0.25) is 0 Å². The van der Waals surface area contributed by atoms with Crippen LogP contribution < -0.4 is 10.2 Å². The molecule has 2 fully saturated rings. The normalized spacial score (nSPS) is 25.6. The van der Waals surface area contributed by atoms with Gasteiger partial charge in [0, 0.05) is 32.3 Å². The van der Waals surface area contributed by atoms with Gasteiger partial charge in [0.15, 0.2) is 0 Å². The first kappa shape index (κ1) is 16.7. The maximum atomic E-state index is 14.4. The molecule has 1 aliphatic heterocycles. The molecule has 2 aliphatic rings. The molecule has 0 radical (unpaired) electrons. The van der Waals surface area contributed by atoms with Crippen molar-refractivity contribution in [3.8, 4) is 0 Å². The summed E-state index contributed by atoms with van der Waals surface area (Å²) in [6.45, 7) is 3.70. The second kappa shape index (κ2) is 8.08. The molecule has 2 atom stereocenters. The van der Waals surface area contributed by atoms with E-state index in [1.54, 1.807) is 6.07 Å². The molecule has 23 heavy (non-hydrogen) atoms. The van der Waals surface area contributed by atoms with Crippen molar-refractivity contribution >= 4 is 5.69 Å². The van der Waals surface area contributed by atoms with Crippen molar-refractivity contribution in [2.45, 2.75) is 38.3 Å². The molecule has 0 bridgehead atoms. The van der Waals surface area contributed by atoms with Crippen molar-refractivity contribution in [1.29, 1.82) is 0 Å². The third kappa shape index (κ3) is 4.22. The zero-order valence-electron chi connectivity index (χ0n) is 13.6. The van der Waals surface area contributed by atoms with Crippen molar-refractivity contribution in [3.63, 3.8) is 0 Å². The number of nitrogens with one attached hydrogen (secondary N) is 1. The van der Waals surface area contributed by atoms with Crippen molar-refractivity contribution in [1.82, 2.24) is 5.32 Å². The molecule has 1 aromatic carbocycles. The number of aliphatic hydroxyl groups is 1. The van der Waals surface area contributed by atoms with E-state index in [-0.39, 0.29) is 12.4 Å². The molecular weight excluding hydrogens is 295 g/mol. The van der Waals surface area contributed by atoms with E-state index >= 15 is 0 Å². The fourth-order valence-electron chi connectivity index (χ4n) is 3.66. The van der Waals surface area contributed by atoms with Crippen LogP contribution in [0.1, 0.15) is 31.2 Å². The standard InChI is InChI=1S/C18H27FN2O2/c19-16-11-14(5-6-18(16)21-7-9-23-10-8-21)12-20-17-4-2-1-3-15(17)13-22/h5-6,11,15,17,20,22H,1-4,7-10,12-13H2. The second-order valence-corrected chi connectivity index (χ2v) is 6.60. The van der Waals surface area contributed by atoms with E-state index in [1.807, 2.05) is 17.0 Å². The quantitative estimate of drug-likeness (QED) is 0.873. The highest BCUT2D eigenvalue weighted by Crippen LogP contribution is 2.25. The molecule has 0 amide bonds. The first-order valence-electron chi connectivity index (χ1n) is 8.73. The summed E-state index contributed by atoms with van der Waals surface area (Å²) >= 11 is 0. The van der Waals surface area contributed by atoms with E-state index < -0.39 is 0 Å². The highest BCUT2D eigenvalue weighted by Gasteiger charge is 2.24. The van der Waals surface area contributed by atoms with Crippen LogP contribution in [-0.2, 0) is 11.3 Å². The molecule has 0 spiro atoms. The lowest BCUT2D eigenvalue weighted by atomic mass is 9.85. The lowest BCUT2D eigenvalue weighted by Crippen LogP contribution is -2.39. The summed E-state index contributed by atoms with van der Waals surface area (Å²) < 4.78 is 19.7. The molecule has 1 aromatic rings. The van der Waals surface area contributed by atoms with Crippen LogP contribution >= 0.6 is 0 Å². The average molecular weight is 322 g/mol. The molecular formula is C18H27FN2O2. The van der Waals surface area contributed by atoms with Crippen molar-refractivity contribution in [2.24, 2.45) is 5.92 Å². The van der Waals surface area contributed by atoms with Gasteiger partial charge < -0.3 is 20.1 Å². The number of rotatable bonds is 5. The smallest absolute Gasteiger partial charge is 0.146 e. The van der Waals surface area contributed by atoms with Crippen molar-refractivity contribution in [2.75, 3.05) is 37.8 Å². The maximum absolute atomic E-state index is 14.4. The Hall–Kier alpha value is -1.17. The van der Waals surface area contributed by atoms with Gasteiger partial charge in [-0.2, -0.15) is 0 Å². The molecule has 1 aliphatic carbocycles. The summed E-state index contributed by atoms with van der Waals surface area (Å²) in [6.07, 6.45) is 4.59. The molecule has 128 valence electrons. The van der Waals surface area contributed by atoms with E-state index in [0.717, 1.165) is 31.5 Å². The van der Waals surface area contributed by atoms with Crippen LogP contribution in [-0.4, -0.2) is 44.1 Å². The number of aliphatic hydroxyl groups excluding tert-OH is 1. The van der Waals surface area contributed by atoms with Crippen molar-refractivity contribution < 1.29 is 14.2 Å². The summed E-state index contributed by atoms with van der Waals surface area (Å²) in [5, 5.41) is 13.0. The van der Waals surface area contributed by atoms with Gasteiger partial charge in [-0.05, 0) is 36.5 Å². The Balaban J connectivity index is 1.59. The van der Waals surface area contributed by atoms with Crippen LogP contribution in [0.25, 0.3) is 0 Å². The van der Waals surface area contributed by atoms with E-state index in [2.05, 4.69) is 5.32 Å². The fourth-order valence-corrected chi connectivity index (χ4v) is 3.66. The number of ether oxygens (including phenoxy) is 1. The molecule has 3 rings (SSSR count). The number of morpholine rings is 1. The number of benzene rings is 1. The van der Waals surface area contributed by atoms with Crippen LogP contribution in [0, 0.1) is 11.7 Å². The summed E-state index contributed by atoms with van der Waals surface area (Å²) in [6, 6.07) is 5.85. The lowest BCUT2D eigenvalue weighted by molar-refractivity contribution is 0.122. The lowest BCUT2D eigenvalue weighted by Gasteiger charge is -2.31. The average Bonchev–Trinajstić information content (AvgIpc) is 2.61. The highest BCUT2D eigenvalue weighted by molar-refractivity contribution is 5.49. The zero-order chi connectivity index (χ0) is 16.1. The predicted octanol–water partition coefficient (Wildman–Crippen LogP) is 2.30.